The lowest BCUT2D eigenvalue weighted by molar-refractivity contribution is -0.0353. The Labute approximate surface area is 104 Å². The van der Waals surface area contributed by atoms with Gasteiger partial charge in [-0.3, -0.25) is 0 Å². The molecule has 0 spiro atoms. The van der Waals surface area contributed by atoms with Crippen LogP contribution in [0.5, 0.6) is 0 Å². The molecule has 98 valence electrons. The van der Waals surface area contributed by atoms with E-state index in [1.807, 2.05) is 25.7 Å². The molecule has 2 saturated heterocycles. The van der Waals surface area contributed by atoms with Gasteiger partial charge in [0.05, 0.1) is 0 Å². The predicted octanol–water partition coefficient (Wildman–Crippen LogP) is 1.85. The third-order valence-electron chi connectivity index (χ3n) is 3.62. The van der Waals surface area contributed by atoms with E-state index in [0.29, 0.717) is 12.0 Å². The van der Waals surface area contributed by atoms with Gasteiger partial charge in [0.15, 0.2) is 0 Å². The van der Waals surface area contributed by atoms with Crippen LogP contribution in [0, 0.1) is 11.3 Å². The standard InChI is InChI=1S/C13H24N2O2/c1-12(2,3)17-11(16)15-7-9-6-14-10(9)13(4,5)8-15/h9-10,14H,6-8H2,1-5H3/t9-,10-/m1/s1. The third kappa shape index (κ3) is 2.57. The Morgan fingerprint density at radius 2 is 2.06 bits per heavy atom. The van der Waals surface area contributed by atoms with Crippen LogP contribution < -0.4 is 5.32 Å². The molecule has 0 aromatic rings. The fourth-order valence-corrected chi connectivity index (χ4v) is 2.89. The Bertz CT molecular complexity index is 320. The van der Waals surface area contributed by atoms with Crippen molar-refractivity contribution in [2.75, 3.05) is 19.6 Å². The van der Waals surface area contributed by atoms with E-state index >= 15 is 0 Å². The van der Waals surface area contributed by atoms with E-state index < -0.39 is 5.60 Å². The Balaban J connectivity index is 2.01. The molecule has 0 bridgehead atoms. The van der Waals surface area contributed by atoms with Crippen molar-refractivity contribution >= 4 is 6.09 Å². The second-order valence-electron chi connectivity index (χ2n) is 7.00. The zero-order chi connectivity index (χ0) is 12.8. The molecule has 0 aliphatic carbocycles. The first-order valence-corrected chi connectivity index (χ1v) is 6.40. The molecule has 0 aromatic carbocycles. The lowest BCUT2D eigenvalue weighted by Gasteiger charge is -2.55. The van der Waals surface area contributed by atoms with E-state index in [1.165, 1.54) is 0 Å². The lowest BCUT2D eigenvalue weighted by Crippen LogP contribution is -2.69. The molecule has 0 aromatic heterocycles. The number of likely N-dealkylation sites (tertiary alicyclic amines) is 1. The summed E-state index contributed by atoms with van der Waals surface area (Å²) in [7, 11) is 0. The number of fused-ring (bicyclic) bond motifs is 1. The van der Waals surface area contributed by atoms with Crippen LogP contribution in [0.4, 0.5) is 4.79 Å². The maximum Gasteiger partial charge on any atom is 0.410 e. The molecular weight excluding hydrogens is 216 g/mol. The number of carbonyl (C=O) groups excluding carboxylic acids is 1. The van der Waals surface area contributed by atoms with Gasteiger partial charge in [-0.15, -0.1) is 0 Å². The fourth-order valence-electron chi connectivity index (χ4n) is 2.89. The highest BCUT2D eigenvalue weighted by Crippen LogP contribution is 2.37. The highest BCUT2D eigenvalue weighted by atomic mass is 16.6. The molecule has 0 radical (unpaired) electrons. The Hall–Kier alpha value is -0.770. The van der Waals surface area contributed by atoms with Gasteiger partial charge in [-0.25, -0.2) is 4.79 Å². The van der Waals surface area contributed by atoms with Gasteiger partial charge in [-0.05, 0) is 26.2 Å². The monoisotopic (exact) mass is 240 g/mol. The summed E-state index contributed by atoms with van der Waals surface area (Å²) in [5.41, 5.74) is -0.270. The maximum absolute atomic E-state index is 12.1. The molecule has 2 aliphatic heterocycles. The zero-order valence-electron chi connectivity index (χ0n) is 11.5. The van der Waals surface area contributed by atoms with Crippen LogP contribution in [0.15, 0.2) is 0 Å². The van der Waals surface area contributed by atoms with Crippen molar-refractivity contribution in [1.82, 2.24) is 10.2 Å². The van der Waals surface area contributed by atoms with Crippen molar-refractivity contribution in [3.05, 3.63) is 0 Å². The zero-order valence-corrected chi connectivity index (χ0v) is 11.5. The minimum absolute atomic E-state index is 0.137. The molecule has 2 aliphatic rings. The average Bonchev–Trinajstić information content (AvgIpc) is 2.03. The van der Waals surface area contributed by atoms with Crippen LogP contribution in [0.3, 0.4) is 0 Å². The van der Waals surface area contributed by atoms with E-state index in [2.05, 4.69) is 19.2 Å². The minimum atomic E-state index is -0.407. The minimum Gasteiger partial charge on any atom is -0.444 e. The highest BCUT2D eigenvalue weighted by molar-refractivity contribution is 5.68. The Kier molecular flexibility index (Phi) is 2.89. The fraction of sp³-hybridized carbons (Fsp3) is 0.923. The van der Waals surface area contributed by atoms with E-state index in [9.17, 15) is 4.79 Å². The van der Waals surface area contributed by atoms with Crippen LogP contribution in [-0.4, -0.2) is 42.3 Å². The number of amides is 1. The van der Waals surface area contributed by atoms with Gasteiger partial charge >= 0.3 is 6.09 Å². The van der Waals surface area contributed by atoms with Crippen molar-refractivity contribution in [2.45, 2.75) is 46.3 Å². The number of hydrogen-bond acceptors (Lipinski definition) is 3. The third-order valence-corrected chi connectivity index (χ3v) is 3.62. The predicted molar refractivity (Wildman–Crippen MR) is 66.9 cm³/mol. The van der Waals surface area contributed by atoms with Gasteiger partial charge in [0, 0.05) is 31.6 Å². The molecule has 0 saturated carbocycles. The van der Waals surface area contributed by atoms with Crippen LogP contribution in [-0.2, 0) is 4.74 Å². The van der Waals surface area contributed by atoms with Crippen LogP contribution >= 0.6 is 0 Å². The molecule has 1 amide bonds. The van der Waals surface area contributed by atoms with E-state index in [-0.39, 0.29) is 11.5 Å². The van der Waals surface area contributed by atoms with Gasteiger partial charge < -0.3 is 15.0 Å². The van der Waals surface area contributed by atoms with E-state index in [4.69, 9.17) is 4.74 Å². The summed E-state index contributed by atoms with van der Waals surface area (Å²) in [6.07, 6.45) is -0.170. The molecular formula is C13H24N2O2. The lowest BCUT2D eigenvalue weighted by atomic mass is 9.69. The number of nitrogens with one attached hydrogen (secondary N) is 1. The van der Waals surface area contributed by atoms with Crippen molar-refractivity contribution in [3.63, 3.8) is 0 Å². The number of rotatable bonds is 0. The Morgan fingerprint density at radius 1 is 1.41 bits per heavy atom. The first kappa shape index (κ1) is 12.7. The number of ether oxygens (including phenoxy) is 1. The summed E-state index contributed by atoms with van der Waals surface area (Å²) in [6, 6.07) is 0.557. The van der Waals surface area contributed by atoms with Crippen molar-refractivity contribution in [3.8, 4) is 0 Å². The molecule has 2 fully saturated rings. The van der Waals surface area contributed by atoms with Gasteiger partial charge in [0.2, 0.25) is 0 Å². The van der Waals surface area contributed by atoms with Crippen molar-refractivity contribution in [2.24, 2.45) is 11.3 Å². The molecule has 2 rings (SSSR count). The smallest absolute Gasteiger partial charge is 0.410 e. The largest absolute Gasteiger partial charge is 0.444 e. The number of piperidine rings is 1. The first-order chi connectivity index (χ1) is 7.69. The van der Waals surface area contributed by atoms with Gasteiger partial charge in [0.1, 0.15) is 5.60 Å². The SMILES string of the molecule is CC(C)(C)OC(=O)N1C[C@H]2CN[C@H]2C(C)(C)C1. The van der Waals surface area contributed by atoms with E-state index in [1.54, 1.807) is 0 Å². The van der Waals surface area contributed by atoms with Gasteiger partial charge in [0.25, 0.3) is 0 Å². The maximum atomic E-state index is 12.1. The summed E-state index contributed by atoms with van der Waals surface area (Å²) >= 11 is 0. The summed E-state index contributed by atoms with van der Waals surface area (Å²) in [5, 5.41) is 3.47. The molecule has 0 unspecified atom stereocenters. The van der Waals surface area contributed by atoms with Gasteiger partial charge in [-0.1, -0.05) is 13.8 Å². The molecule has 2 atom stereocenters. The molecule has 4 nitrogen and oxygen atoms in total. The summed E-state index contributed by atoms with van der Waals surface area (Å²) in [6.45, 7) is 12.8. The summed E-state index contributed by atoms with van der Waals surface area (Å²) in [4.78, 5) is 13.9. The molecule has 2 heterocycles. The van der Waals surface area contributed by atoms with Gasteiger partial charge in [-0.2, -0.15) is 0 Å². The highest BCUT2D eigenvalue weighted by Gasteiger charge is 2.48. The number of carbonyl (C=O) groups is 1. The summed E-state index contributed by atoms with van der Waals surface area (Å²) in [5.74, 6) is 0.589. The molecule has 4 heteroatoms. The van der Waals surface area contributed by atoms with Crippen LogP contribution in [0.25, 0.3) is 0 Å². The number of hydrogen-bond donors (Lipinski definition) is 1. The van der Waals surface area contributed by atoms with Crippen LogP contribution in [0.1, 0.15) is 34.6 Å². The van der Waals surface area contributed by atoms with Crippen molar-refractivity contribution in [1.29, 1.82) is 0 Å². The van der Waals surface area contributed by atoms with Crippen molar-refractivity contribution < 1.29 is 9.53 Å². The van der Waals surface area contributed by atoms with Crippen LogP contribution in [0.2, 0.25) is 0 Å². The average molecular weight is 240 g/mol. The normalized spacial score (nSPS) is 31.5. The van der Waals surface area contributed by atoms with E-state index in [0.717, 1.165) is 19.6 Å². The topological polar surface area (TPSA) is 41.6 Å². The molecule has 1 N–H and O–H groups in total. The Morgan fingerprint density at radius 3 is 2.47 bits per heavy atom. The second kappa shape index (κ2) is 3.87. The summed E-state index contributed by atoms with van der Waals surface area (Å²) < 4.78 is 5.44. The first-order valence-electron chi connectivity index (χ1n) is 6.40. The quantitative estimate of drug-likeness (QED) is 0.702. The second-order valence-corrected chi connectivity index (χ2v) is 7.00. The molecule has 17 heavy (non-hydrogen) atoms. The number of nitrogens with zero attached hydrogens (tertiary/aromatic N) is 1.